The summed E-state index contributed by atoms with van der Waals surface area (Å²) < 4.78 is 4.95. The summed E-state index contributed by atoms with van der Waals surface area (Å²) in [7, 11) is 3.94. The Morgan fingerprint density at radius 3 is 2.50 bits per heavy atom. The molecule has 0 aliphatic rings. The smallest absolute Gasteiger partial charge is 0.331 e. The van der Waals surface area contributed by atoms with E-state index in [0.717, 1.165) is 22.4 Å². The van der Waals surface area contributed by atoms with Crippen molar-refractivity contribution in [2.75, 3.05) is 25.6 Å². The zero-order chi connectivity index (χ0) is 18.9. The van der Waals surface area contributed by atoms with Gasteiger partial charge in [0.15, 0.2) is 6.61 Å². The van der Waals surface area contributed by atoms with Crippen molar-refractivity contribution in [2.24, 2.45) is 0 Å². The number of benzene rings is 2. The van der Waals surface area contributed by atoms with E-state index in [1.165, 1.54) is 6.08 Å². The summed E-state index contributed by atoms with van der Waals surface area (Å²) in [6, 6.07) is 15.6. The van der Waals surface area contributed by atoms with Gasteiger partial charge in [0, 0.05) is 32.4 Å². The molecule has 1 N–H and O–H groups in total. The summed E-state index contributed by atoms with van der Waals surface area (Å²) in [6.07, 6.45) is 2.99. The number of hydrogen-bond donors (Lipinski definition) is 1. The van der Waals surface area contributed by atoms with Crippen LogP contribution >= 0.6 is 0 Å². The van der Waals surface area contributed by atoms with E-state index >= 15 is 0 Å². The van der Waals surface area contributed by atoms with Crippen LogP contribution in [0.25, 0.3) is 6.08 Å². The average molecular weight is 352 g/mol. The number of esters is 1. The van der Waals surface area contributed by atoms with E-state index in [2.05, 4.69) is 5.32 Å². The van der Waals surface area contributed by atoms with Crippen molar-refractivity contribution in [3.8, 4) is 0 Å². The molecule has 0 unspecified atom stereocenters. The van der Waals surface area contributed by atoms with Gasteiger partial charge < -0.3 is 15.0 Å². The summed E-state index contributed by atoms with van der Waals surface area (Å²) >= 11 is 0. The van der Waals surface area contributed by atoms with Crippen molar-refractivity contribution in [1.82, 2.24) is 5.32 Å². The number of nitrogens with one attached hydrogen (secondary N) is 1. The van der Waals surface area contributed by atoms with E-state index < -0.39 is 5.97 Å². The predicted molar refractivity (Wildman–Crippen MR) is 104 cm³/mol. The molecule has 5 heteroatoms. The van der Waals surface area contributed by atoms with Gasteiger partial charge in [-0.2, -0.15) is 0 Å². The highest BCUT2D eigenvalue weighted by molar-refractivity contribution is 5.89. The highest BCUT2D eigenvalue weighted by atomic mass is 16.5. The number of amides is 1. The molecule has 0 aliphatic heterocycles. The zero-order valence-electron chi connectivity index (χ0n) is 15.4. The van der Waals surface area contributed by atoms with Crippen LogP contribution in [0, 0.1) is 6.92 Å². The average Bonchev–Trinajstić information content (AvgIpc) is 2.63. The molecule has 0 saturated carbocycles. The lowest BCUT2D eigenvalue weighted by Gasteiger charge is -2.12. The van der Waals surface area contributed by atoms with E-state index in [1.807, 2.05) is 74.4 Å². The Morgan fingerprint density at radius 1 is 1.12 bits per heavy atom. The molecule has 0 aromatic heterocycles. The Labute approximate surface area is 154 Å². The second kappa shape index (κ2) is 9.42. The van der Waals surface area contributed by atoms with Gasteiger partial charge in [-0.15, -0.1) is 0 Å². The number of carbonyl (C=O) groups excluding carboxylic acids is 2. The summed E-state index contributed by atoms with van der Waals surface area (Å²) in [5.41, 5.74) is 4.09. The fourth-order valence-corrected chi connectivity index (χ4v) is 2.29. The van der Waals surface area contributed by atoms with Crippen molar-refractivity contribution in [3.63, 3.8) is 0 Å². The molecule has 0 atom stereocenters. The van der Waals surface area contributed by atoms with Crippen molar-refractivity contribution in [1.29, 1.82) is 0 Å². The number of rotatable bonds is 7. The van der Waals surface area contributed by atoms with Gasteiger partial charge in [0.05, 0.1) is 0 Å². The van der Waals surface area contributed by atoms with Crippen LogP contribution in [0.4, 0.5) is 5.69 Å². The first-order valence-corrected chi connectivity index (χ1v) is 8.38. The molecular formula is C21H24N2O3. The van der Waals surface area contributed by atoms with Crippen molar-refractivity contribution < 1.29 is 14.3 Å². The van der Waals surface area contributed by atoms with E-state index in [-0.39, 0.29) is 12.5 Å². The third kappa shape index (κ3) is 6.43. The molecule has 0 fully saturated rings. The van der Waals surface area contributed by atoms with Crippen LogP contribution in [0.3, 0.4) is 0 Å². The van der Waals surface area contributed by atoms with Crippen molar-refractivity contribution in [3.05, 3.63) is 71.3 Å². The Kier molecular flexibility index (Phi) is 6.97. The van der Waals surface area contributed by atoms with Gasteiger partial charge in [0.25, 0.3) is 5.91 Å². The molecule has 1 amide bonds. The molecule has 26 heavy (non-hydrogen) atoms. The minimum Gasteiger partial charge on any atom is -0.452 e. The van der Waals surface area contributed by atoms with Crippen LogP contribution in [0.15, 0.2) is 54.6 Å². The summed E-state index contributed by atoms with van der Waals surface area (Å²) in [4.78, 5) is 25.5. The van der Waals surface area contributed by atoms with E-state index in [1.54, 1.807) is 6.08 Å². The van der Waals surface area contributed by atoms with Gasteiger partial charge >= 0.3 is 5.97 Å². The van der Waals surface area contributed by atoms with Gasteiger partial charge in [-0.05, 0) is 36.3 Å². The number of nitrogens with zero attached hydrogens (tertiary/aromatic N) is 1. The Balaban J connectivity index is 1.73. The third-order valence-corrected chi connectivity index (χ3v) is 3.74. The van der Waals surface area contributed by atoms with Crippen LogP contribution in [0.5, 0.6) is 0 Å². The molecular weight excluding hydrogens is 328 g/mol. The lowest BCUT2D eigenvalue weighted by Crippen LogP contribution is -2.28. The molecule has 0 saturated heterocycles. The van der Waals surface area contributed by atoms with Crippen LogP contribution in [-0.4, -0.2) is 32.6 Å². The van der Waals surface area contributed by atoms with Gasteiger partial charge in [-0.1, -0.05) is 42.0 Å². The number of hydrogen-bond acceptors (Lipinski definition) is 4. The minimum absolute atomic E-state index is 0.299. The molecule has 0 heterocycles. The third-order valence-electron chi connectivity index (χ3n) is 3.74. The van der Waals surface area contributed by atoms with Crippen molar-refractivity contribution in [2.45, 2.75) is 13.5 Å². The molecule has 2 aromatic rings. The zero-order valence-corrected chi connectivity index (χ0v) is 15.4. The summed E-state index contributed by atoms with van der Waals surface area (Å²) in [5.74, 6) is -0.879. The maximum absolute atomic E-state index is 11.8. The number of anilines is 1. The highest BCUT2D eigenvalue weighted by Crippen LogP contribution is 2.12. The Bertz CT molecular complexity index is 780. The van der Waals surface area contributed by atoms with Crippen molar-refractivity contribution >= 4 is 23.6 Å². The topological polar surface area (TPSA) is 58.6 Å². The maximum Gasteiger partial charge on any atom is 0.331 e. The highest BCUT2D eigenvalue weighted by Gasteiger charge is 2.05. The summed E-state index contributed by atoms with van der Waals surface area (Å²) in [5, 5.41) is 2.73. The Hall–Kier alpha value is -3.08. The first kappa shape index (κ1) is 19.2. The second-order valence-electron chi connectivity index (χ2n) is 6.19. The van der Waals surface area contributed by atoms with E-state index in [9.17, 15) is 9.59 Å². The predicted octanol–water partition coefficient (Wildman–Crippen LogP) is 2.93. The minimum atomic E-state index is -0.544. The quantitative estimate of drug-likeness (QED) is 0.615. The van der Waals surface area contributed by atoms with Gasteiger partial charge in [-0.25, -0.2) is 4.79 Å². The first-order valence-electron chi connectivity index (χ1n) is 8.38. The van der Waals surface area contributed by atoms with Crippen LogP contribution in [0.1, 0.15) is 16.7 Å². The molecule has 0 aliphatic carbocycles. The number of carbonyl (C=O) groups is 2. The molecule has 5 nitrogen and oxygen atoms in total. The van der Waals surface area contributed by atoms with Crippen LogP contribution < -0.4 is 10.2 Å². The fourth-order valence-electron chi connectivity index (χ4n) is 2.29. The molecule has 136 valence electrons. The molecule has 0 radical (unpaired) electrons. The normalized spacial score (nSPS) is 10.6. The monoisotopic (exact) mass is 352 g/mol. The standard InChI is InChI=1S/C21H24N2O3/c1-16-5-4-6-17(13-16)9-12-21(25)26-15-20(24)22-14-18-7-10-19(11-8-18)23(2)3/h4-13H,14-15H2,1-3H3,(H,22,24)/b12-9+. The second-order valence-corrected chi connectivity index (χ2v) is 6.19. The fraction of sp³-hybridized carbons (Fsp3) is 0.238. The van der Waals surface area contributed by atoms with Gasteiger partial charge in [0.2, 0.25) is 0 Å². The van der Waals surface area contributed by atoms with Crippen LogP contribution in [-0.2, 0) is 20.9 Å². The van der Waals surface area contributed by atoms with E-state index in [4.69, 9.17) is 4.74 Å². The molecule has 2 aromatic carbocycles. The SMILES string of the molecule is Cc1cccc(/C=C/C(=O)OCC(=O)NCc2ccc(N(C)C)cc2)c1. The Morgan fingerprint density at radius 2 is 1.85 bits per heavy atom. The number of ether oxygens (including phenoxy) is 1. The largest absolute Gasteiger partial charge is 0.452 e. The van der Waals surface area contributed by atoms with Crippen LogP contribution in [0.2, 0.25) is 0 Å². The molecule has 0 bridgehead atoms. The van der Waals surface area contributed by atoms with E-state index in [0.29, 0.717) is 6.54 Å². The lowest BCUT2D eigenvalue weighted by molar-refractivity contribution is -0.143. The lowest BCUT2D eigenvalue weighted by atomic mass is 10.1. The molecule has 0 spiro atoms. The number of aryl methyl sites for hydroxylation is 1. The van der Waals surface area contributed by atoms with Gasteiger partial charge in [-0.3, -0.25) is 4.79 Å². The first-order chi connectivity index (χ1) is 12.4. The maximum atomic E-state index is 11.8. The summed E-state index contributed by atoms with van der Waals surface area (Å²) in [6.45, 7) is 2.07. The molecule has 2 rings (SSSR count). The van der Waals surface area contributed by atoms with Gasteiger partial charge in [0.1, 0.15) is 0 Å².